The average Bonchev–Trinajstić information content (AvgIpc) is 2.89. The Morgan fingerprint density at radius 1 is 1.44 bits per heavy atom. The lowest BCUT2D eigenvalue weighted by Crippen LogP contribution is -2.34. The van der Waals surface area contributed by atoms with Gasteiger partial charge in [0.1, 0.15) is 0 Å². The van der Waals surface area contributed by atoms with Gasteiger partial charge in [0.25, 0.3) is 0 Å². The molecule has 0 unspecified atom stereocenters. The second kappa shape index (κ2) is 5.50. The van der Waals surface area contributed by atoms with E-state index >= 15 is 0 Å². The van der Waals surface area contributed by atoms with Crippen molar-refractivity contribution in [1.29, 1.82) is 0 Å². The molecule has 4 heteroatoms. The second-order valence-corrected chi connectivity index (χ2v) is 6.13. The first-order valence-corrected chi connectivity index (χ1v) is 7.04. The standard InChI is InChI=1S/C12H18ClNOS/c13-10-5-11(16-7-10)6-14-8-12(9-15)3-1-2-4-12/h5,7,14-15H,1-4,6,8-9H2. The van der Waals surface area contributed by atoms with Gasteiger partial charge in [-0.25, -0.2) is 0 Å². The fraction of sp³-hybridized carbons (Fsp3) is 0.667. The maximum absolute atomic E-state index is 9.46. The van der Waals surface area contributed by atoms with Gasteiger partial charge in [-0.3, -0.25) is 0 Å². The predicted octanol–water partition coefficient (Wildman–Crippen LogP) is 3.04. The van der Waals surface area contributed by atoms with E-state index in [-0.39, 0.29) is 5.41 Å². The third kappa shape index (κ3) is 2.98. The minimum absolute atomic E-state index is 0.140. The van der Waals surface area contributed by atoms with Gasteiger partial charge in [-0.1, -0.05) is 24.4 Å². The molecule has 0 saturated heterocycles. The Morgan fingerprint density at radius 2 is 2.19 bits per heavy atom. The van der Waals surface area contributed by atoms with Gasteiger partial charge >= 0.3 is 0 Å². The Morgan fingerprint density at radius 3 is 2.75 bits per heavy atom. The van der Waals surface area contributed by atoms with E-state index in [4.69, 9.17) is 11.6 Å². The van der Waals surface area contributed by atoms with Crippen molar-refractivity contribution in [2.75, 3.05) is 13.2 Å². The van der Waals surface area contributed by atoms with Gasteiger partial charge in [0.2, 0.25) is 0 Å². The molecule has 1 heterocycles. The van der Waals surface area contributed by atoms with Crippen LogP contribution in [0.5, 0.6) is 0 Å². The monoisotopic (exact) mass is 259 g/mol. The van der Waals surface area contributed by atoms with E-state index in [0.717, 1.165) is 31.0 Å². The van der Waals surface area contributed by atoms with Gasteiger partial charge < -0.3 is 10.4 Å². The zero-order chi connectivity index (χ0) is 11.4. The molecule has 1 aliphatic rings. The Labute approximate surface area is 106 Å². The normalized spacial score (nSPS) is 19.1. The molecule has 2 N–H and O–H groups in total. The Balaban J connectivity index is 1.78. The maximum atomic E-state index is 9.46. The number of nitrogens with one attached hydrogen (secondary N) is 1. The van der Waals surface area contributed by atoms with Crippen LogP contribution in [-0.4, -0.2) is 18.3 Å². The molecule has 0 atom stereocenters. The number of halogens is 1. The first-order valence-electron chi connectivity index (χ1n) is 5.79. The van der Waals surface area contributed by atoms with Gasteiger partial charge in [-0.2, -0.15) is 0 Å². The highest BCUT2D eigenvalue weighted by atomic mass is 35.5. The van der Waals surface area contributed by atoms with E-state index in [1.807, 2.05) is 11.4 Å². The summed E-state index contributed by atoms with van der Waals surface area (Å²) in [6.45, 7) is 2.09. The van der Waals surface area contributed by atoms with Crippen LogP contribution in [0.4, 0.5) is 0 Å². The summed E-state index contributed by atoms with van der Waals surface area (Å²) in [5.74, 6) is 0. The first-order chi connectivity index (χ1) is 7.74. The van der Waals surface area contributed by atoms with Crippen LogP contribution in [0.2, 0.25) is 5.02 Å². The number of thiophene rings is 1. The van der Waals surface area contributed by atoms with Crippen molar-refractivity contribution in [2.45, 2.75) is 32.2 Å². The molecule has 2 nitrogen and oxygen atoms in total. The molecular weight excluding hydrogens is 242 g/mol. The maximum Gasteiger partial charge on any atom is 0.0516 e. The smallest absolute Gasteiger partial charge is 0.0516 e. The molecule has 0 bridgehead atoms. The number of aliphatic hydroxyl groups excluding tert-OH is 1. The van der Waals surface area contributed by atoms with Crippen LogP contribution >= 0.6 is 22.9 Å². The largest absolute Gasteiger partial charge is 0.396 e. The van der Waals surface area contributed by atoms with E-state index in [1.165, 1.54) is 17.7 Å². The summed E-state index contributed by atoms with van der Waals surface area (Å²) in [5.41, 5.74) is 0.140. The van der Waals surface area contributed by atoms with E-state index in [2.05, 4.69) is 5.32 Å². The zero-order valence-corrected chi connectivity index (χ0v) is 10.9. The second-order valence-electron chi connectivity index (χ2n) is 4.70. The minimum Gasteiger partial charge on any atom is -0.396 e. The lowest BCUT2D eigenvalue weighted by molar-refractivity contribution is 0.128. The van der Waals surface area contributed by atoms with E-state index in [0.29, 0.717) is 6.61 Å². The quantitative estimate of drug-likeness (QED) is 0.852. The summed E-state index contributed by atoms with van der Waals surface area (Å²) in [7, 11) is 0. The van der Waals surface area contributed by atoms with E-state index in [1.54, 1.807) is 11.3 Å². The average molecular weight is 260 g/mol. The molecule has 1 saturated carbocycles. The van der Waals surface area contributed by atoms with Crippen LogP contribution in [0.15, 0.2) is 11.4 Å². The number of hydrogen-bond acceptors (Lipinski definition) is 3. The van der Waals surface area contributed by atoms with Gasteiger partial charge in [0.15, 0.2) is 0 Å². The molecule has 90 valence electrons. The predicted molar refractivity (Wildman–Crippen MR) is 69.0 cm³/mol. The Hall–Kier alpha value is -0.0900. The number of hydrogen-bond donors (Lipinski definition) is 2. The van der Waals surface area contributed by atoms with Crippen LogP contribution in [0.25, 0.3) is 0 Å². The summed E-state index contributed by atoms with van der Waals surface area (Å²) < 4.78 is 0. The van der Waals surface area contributed by atoms with E-state index < -0.39 is 0 Å². The number of aliphatic hydroxyl groups is 1. The summed E-state index contributed by atoms with van der Waals surface area (Å²) in [5, 5.41) is 15.7. The molecule has 1 fully saturated rings. The highest BCUT2D eigenvalue weighted by Crippen LogP contribution is 2.37. The van der Waals surface area contributed by atoms with Crippen molar-refractivity contribution in [1.82, 2.24) is 5.32 Å². The van der Waals surface area contributed by atoms with Crippen LogP contribution < -0.4 is 5.32 Å². The third-order valence-corrected chi connectivity index (χ3v) is 4.70. The molecule has 0 radical (unpaired) electrons. The van der Waals surface area contributed by atoms with Crippen LogP contribution in [-0.2, 0) is 6.54 Å². The molecule has 0 amide bonds. The fourth-order valence-electron chi connectivity index (χ4n) is 2.41. The summed E-state index contributed by atoms with van der Waals surface area (Å²) in [6, 6.07) is 2.00. The molecule has 1 aliphatic carbocycles. The van der Waals surface area contributed by atoms with Crippen molar-refractivity contribution in [2.24, 2.45) is 5.41 Å². The highest BCUT2D eigenvalue weighted by molar-refractivity contribution is 7.10. The molecule has 0 aromatic carbocycles. The van der Waals surface area contributed by atoms with Crippen molar-refractivity contribution in [3.05, 3.63) is 21.3 Å². The summed E-state index contributed by atoms with van der Waals surface area (Å²) in [6.07, 6.45) is 4.82. The van der Waals surface area contributed by atoms with Gasteiger partial charge in [0, 0.05) is 35.4 Å². The summed E-state index contributed by atoms with van der Waals surface area (Å²) >= 11 is 7.55. The SMILES string of the molecule is OCC1(CNCc2cc(Cl)cs2)CCCC1. The molecule has 0 spiro atoms. The lowest BCUT2D eigenvalue weighted by Gasteiger charge is -2.26. The minimum atomic E-state index is 0.140. The van der Waals surface area contributed by atoms with Crippen molar-refractivity contribution in [3.63, 3.8) is 0 Å². The molecule has 0 aliphatic heterocycles. The van der Waals surface area contributed by atoms with Gasteiger partial charge in [0.05, 0.1) is 5.02 Å². The van der Waals surface area contributed by atoms with Crippen molar-refractivity contribution in [3.8, 4) is 0 Å². The zero-order valence-electron chi connectivity index (χ0n) is 9.34. The number of rotatable bonds is 5. The summed E-state index contributed by atoms with van der Waals surface area (Å²) in [4.78, 5) is 1.26. The Bertz CT molecular complexity index is 334. The van der Waals surface area contributed by atoms with E-state index in [9.17, 15) is 5.11 Å². The molecule has 2 rings (SSSR count). The molecule has 16 heavy (non-hydrogen) atoms. The van der Waals surface area contributed by atoms with Crippen molar-refractivity contribution < 1.29 is 5.11 Å². The fourth-order valence-corrected chi connectivity index (χ4v) is 3.46. The van der Waals surface area contributed by atoms with Crippen LogP contribution in [0, 0.1) is 5.41 Å². The van der Waals surface area contributed by atoms with Gasteiger partial charge in [-0.15, -0.1) is 11.3 Å². The van der Waals surface area contributed by atoms with Crippen LogP contribution in [0.1, 0.15) is 30.6 Å². The Kier molecular flexibility index (Phi) is 4.25. The molecule has 1 aromatic heterocycles. The van der Waals surface area contributed by atoms with Crippen LogP contribution in [0.3, 0.4) is 0 Å². The third-order valence-electron chi connectivity index (χ3n) is 3.42. The lowest BCUT2D eigenvalue weighted by atomic mass is 9.87. The first kappa shape index (κ1) is 12.4. The van der Waals surface area contributed by atoms with Gasteiger partial charge in [-0.05, 0) is 18.9 Å². The molecule has 1 aromatic rings. The molecular formula is C12H18ClNOS. The highest BCUT2D eigenvalue weighted by Gasteiger charge is 2.32. The van der Waals surface area contributed by atoms with Crippen molar-refractivity contribution >= 4 is 22.9 Å². The topological polar surface area (TPSA) is 32.3 Å².